The van der Waals surface area contributed by atoms with E-state index in [1.165, 1.54) is 0 Å². The molecule has 18 heavy (non-hydrogen) atoms. The number of rotatable bonds is 3. The van der Waals surface area contributed by atoms with E-state index in [0.29, 0.717) is 6.54 Å². The molecular formula is C12H13N5O. The van der Waals surface area contributed by atoms with Gasteiger partial charge in [-0.2, -0.15) is 5.10 Å². The molecular weight excluding hydrogens is 230 g/mol. The summed E-state index contributed by atoms with van der Waals surface area (Å²) in [6, 6.07) is 7.66. The summed E-state index contributed by atoms with van der Waals surface area (Å²) in [5.41, 5.74) is 9.68. The molecule has 1 aromatic carbocycles. The molecule has 3 rings (SSSR count). The van der Waals surface area contributed by atoms with Crippen molar-refractivity contribution in [2.75, 3.05) is 6.54 Å². The second kappa shape index (κ2) is 4.15. The van der Waals surface area contributed by atoms with Gasteiger partial charge in [0.1, 0.15) is 0 Å². The second-order valence-corrected chi connectivity index (χ2v) is 4.16. The van der Waals surface area contributed by atoms with Gasteiger partial charge < -0.3 is 15.7 Å². The smallest absolute Gasteiger partial charge is 0.323 e. The summed E-state index contributed by atoms with van der Waals surface area (Å²) >= 11 is 0. The van der Waals surface area contributed by atoms with Gasteiger partial charge in [-0.15, -0.1) is 0 Å². The second-order valence-electron chi connectivity index (χ2n) is 4.16. The SMILES string of the molecule is NCCc1cc(-c2ccc3[nH]c(=O)[nH]c3c2)n[nH]1. The third kappa shape index (κ3) is 1.82. The van der Waals surface area contributed by atoms with Crippen molar-refractivity contribution in [1.82, 2.24) is 20.2 Å². The van der Waals surface area contributed by atoms with Gasteiger partial charge in [0.05, 0.1) is 16.7 Å². The Morgan fingerprint density at radius 2 is 2.00 bits per heavy atom. The molecule has 0 unspecified atom stereocenters. The molecule has 6 heteroatoms. The minimum absolute atomic E-state index is 0.201. The Morgan fingerprint density at radius 3 is 2.83 bits per heavy atom. The molecule has 2 aromatic heterocycles. The van der Waals surface area contributed by atoms with Crippen LogP contribution in [0.15, 0.2) is 29.1 Å². The average Bonchev–Trinajstić information content (AvgIpc) is 2.93. The molecule has 0 spiro atoms. The van der Waals surface area contributed by atoms with Crippen molar-refractivity contribution in [2.45, 2.75) is 6.42 Å². The summed E-state index contributed by atoms with van der Waals surface area (Å²) in [6.45, 7) is 0.589. The lowest BCUT2D eigenvalue weighted by Gasteiger charge is -1.95. The molecule has 0 aliphatic carbocycles. The lowest BCUT2D eigenvalue weighted by molar-refractivity contribution is 0.902. The van der Waals surface area contributed by atoms with E-state index in [2.05, 4.69) is 20.2 Å². The van der Waals surface area contributed by atoms with Crippen LogP contribution in [0.1, 0.15) is 5.69 Å². The Balaban J connectivity index is 2.04. The van der Waals surface area contributed by atoms with Crippen LogP contribution in [0.2, 0.25) is 0 Å². The number of hydrogen-bond acceptors (Lipinski definition) is 3. The lowest BCUT2D eigenvalue weighted by Crippen LogP contribution is -2.02. The predicted molar refractivity (Wildman–Crippen MR) is 69.3 cm³/mol. The Hall–Kier alpha value is -2.34. The van der Waals surface area contributed by atoms with Crippen LogP contribution in [0.4, 0.5) is 0 Å². The minimum Gasteiger partial charge on any atom is -0.330 e. The highest BCUT2D eigenvalue weighted by Crippen LogP contribution is 2.21. The van der Waals surface area contributed by atoms with Crippen molar-refractivity contribution in [3.63, 3.8) is 0 Å². The molecule has 0 amide bonds. The van der Waals surface area contributed by atoms with E-state index in [0.717, 1.165) is 34.4 Å². The first-order valence-corrected chi connectivity index (χ1v) is 5.73. The summed E-state index contributed by atoms with van der Waals surface area (Å²) in [5.74, 6) is 0. The summed E-state index contributed by atoms with van der Waals surface area (Å²) in [6.07, 6.45) is 0.774. The van der Waals surface area contributed by atoms with Crippen molar-refractivity contribution < 1.29 is 0 Å². The van der Waals surface area contributed by atoms with Crippen LogP contribution < -0.4 is 11.4 Å². The van der Waals surface area contributed by atoms with Gasteiger partial charge in [0.2, 0.25) is 0 Å². The van der Waals surface area contributed by atoms with Crippen LogP contribution in [0.25, 0.3) is 22.3 Å². The van der Waals surface area contributed by atoms with E-state index in [9.17, 15) is 4.79 Å². The molecule has 0 bridgehead atoms. The molecule has 0 saturated carbocycles. The Bertz CT molecular complexity index is 736. The molecule has 2 heterocycles. The summed E-state index contributed by atoms with van der Waals surface area (Å²) in [4.78, 5) is 16.6. The standard InChI is InChI=1S/C12H13N5O/c13-4-3-8-6-10(17-16-8)7-1-2-9-11(5-7)15-12(18)14-9/h1-2,5-6H,3-4,13H2,(H,16,17)(H2,14,15,18). The highest BCUT2D eigenvalue weighted by molar-refractivity contribution is 5.80. The van der Waals surface area contributed by atoms with Crippen molar-refractivity contribution in [2.24, 2.45) is 5.73 Å². The van der Waals surface area contributed by atoms with Crippen molar-refractivity contribution >= 4 is 11.0 Å². The highest BCUT2D eigenvalue weighted by atomic mass is 16.1. The van der Waals surface area contributed by atoms with Crippen LogP contribution in [-0.4, -0.2) is 26.7 Å². The maximum Gasteiger partial charge on any atom is 0.323 e. The number of hydrogen-bond donors (Lipinski definition) is 4. The van der Waals surface area contributed by atoms with Gasteiger partial charge >= 0.3 is 5.69 Å². The number of nitrogens with zero attached hydrogens (tertiary/aromatic N) is 1. The van der Waals surface area contributed by atoms with E-state index >= 15 is 0 Å². The number of benzene rings is 1. The number of aromatic nitrogens is 4. The molecule has 5 N–H and O–H groups in total. The predicted octanol–water partition coefficient (Wildman–Crippen LogP) is 0.747. The van der Waals surface area contributed by atoms with Gasteiger partial charge in [-0.25, -0.2) is 4.79 Å². The minimum atomic E-state index is -0.201. The quantitative estimate of drug-likeness (QED) is 0.545. The number of nitrogens with two attached hydrogens (primary N) is 1. The summed E-state index contributed by atoms with van der Waals surface area (Å²) < 4.78 is 0. The van der Waals surface area contributed by atoms with Crippen LogP contribution in [0.3, 0.4) is 0 Å². The van der Waals surface area contributed by atoms with Gasteiger partial charge in [0.15, 0.2) is 0 Å². The molecule has 0 saturated heterocycles. The monoisotopic (exact) mass is 243 g/mol. The van der Waals surface area contributed by atoms with Gasteiger partial charge in [0.25, 0.3) is 0 Å². The Kier molecular flexibility index (Phi) is 2.49. The summed E-state index contributed by atoms with van der Waals surface area (Å²) in [7, 11) is 0. The molecule has 3 aromatic rings. The first-order chi connectivity index (χ1) is 8.76. The van der Waals surface area contributed by atoms with E-state index in [1.807, 2.05) is 24.3 Å². The van der Waals surface area contributed by atoms with Gasteiger partial charge in [-0.05, 0) is 24.7 Å². The zero-order chi connectivity index (χ0) is 12.5. The average molecular weight is 243 g/mol. The fourth-order valence-corrected chi connectivity index (χ4v) is 1.98. The van der Waals surface area contributed by atoms with Crippen LogP contribution in [0.5, 0.6) is 0 Å². The van der Waals surface area contributed by atoms with E-state index in [-0.39, 0.29) is 5.69 Å². The van der Waals surface area contributed by atoms with Crippen LogP contribution >= 0.6 is 0 Å². The van der Waals surface area contributed by atoms with Gasteiger partial charge in [0, 0.05) is 17.7 Å². The number of imidazole rings is 1. The van der Waals surface area contributed by atoms with Crippen molar-refractivity contribution in [1.29, 1.82) is 0 Å². The fourth-order valence-electron chi connectivity index (χ4n) is 1.98. The van der Waals surface area contributed by atoms with Crippen molar-refractivity contribution in [3.8, 4) is 11.3 Å². The third-order valence-corrected chi connectivity index (χ3v) is 2.86. The Morgan fingerprint density at radius 1 is 1.17 bits per heavy atom. The molecule has 92 valence electrons. The zero-order valence-corrected chi connectivity index (χ0v) is 9.66. The Labute approximate surface area is 102 Å². The number of aromatic amines is 3. The van der Waals surface area contributed by atoms with E-state index < -0.39 is 0 Å². The van der Waals surface area contributed by atoms with Crippen LogP contribution in [0, 0.1) is 0 Å². The zero-order valence-electron chi connectivity index (χ0n) is 9.66. The molecule has 6 nitrogen and oxygen atoms in total. The maximum atomic E-state index is 11.2. The largest absolute Gasteiger partial charge is 0.330 e. The topological polar surface area (TPSA) is 103 Å². The lowest BCUT2D eigenvalue weighted by atomic mass is 10.1. The molecule has 0 aliphatic heterocycles. The molecule has 0 radical (unpaired) electrons. The number of H-pyrrole nitrogens is 3. The first-order valence-electron chi connectivity index (χ1n) is 5.73. The molecule has 0 aliphatic rings. The number of fused-ring (bicyclic) bond motifs is 1. The molecule has 0 atom stereocenters. The first kappa shape index (κ1) is 10.8. The van der Waals surface area contributed by atoms with Gasteiger partial charge in [-0.1, -0.05) is 6.07 Å². The van der Waals surface area contributed by atoms with E-state index in [4.69, 9.17) is 5.73 Å². The number of nitrogens with one attached hydrogen (secondary N) is 3. The van der Waals surface area contributed by atoms with E-state index in [1.54, 1.807) is 0 Å². The maximum absolute atomic E-state index is 11.2. The fraction of sp³-hybridized carbons (Fsp3) is 0.167. The third-order valence-electron chi connectivity index (χ3n) is 2.86. The van der Waals surface area contributed by atoms with Crippen molar-refractivity contribution in [3.05, 3.63) is 40.4 Å². The molecule has 0 fully saturated rings. The highest BCUT2D eigenvalue weighted by Gasteiger charge is 2.05. The van der Waals surface area contributed by atoms with Crippen LogP contribution in [-0.2, 0) is 6.42 Å². The normalized spacial score (nSPS) is 11.2. The summed E-state index contributed by atoms with van der Waals surface area (Å²) in [5, 5.41) is 7.18. The van der Waals surface area contributed by atoms with Gasteiger partial charge in [-0.3, -0.25) is 5.10 Å².